The minimum absolute atomic E-state index is 0.00264. The average molecular weight is 364 g/mol. The fourth-order valence-electron chi connectivity index (χ4n) is 4.51. The van der Waals surface area contributed by atoms with Gasteiger partial charge >= 0.3 is 0 Å². The third-order valence-electron chi connectivity index (χ3n) is 6.11. The molecule has 0 bridgehead atoms. The number of hydrogen-bond acceptors (Lipinski definition) is 4. The van der Waals surface area contributed by atoms with Gasteiger partial charge in [-0.1, -0.05) is 38.1 Å². The van der Waals surface area contributed by atoms with Gasteiger partial charge in [0.15, 0.2) is 0 Å². The highest BCUT2D eigenvalue weighted by atomic mass is 16.2. The third-order valence-corrected chi connectivity index (χ3v) is 6.11. The number of amides is 1. The lowest BCUT2D eigenvalue weighted by Crippen LogP contribution is -2.45. The molecule has 4 rings (SSSR count). The fraction of sp³-hybridized carbons (Fsp3) is 0.500. The topological polar surface area (TPSA) is 58.1 Å². The summed E-state index contributed by atoms with van der Waals surface area (Å²) < 4.78 is 0. The molecule has 1 saturated heterocycles. The van der Waals surface area contributed by atoms with E-state index in [1.54, 1.807) is 18.6 Å². The second-order valence-electron chi connectivity index (χ2n) is 8.42. The lowest BCUT2D eigenvalue weighted by molar-refractivity contribution is -0.126. The van der Waals surface area contributed by atoms with Crippen LogP contribution in [0.2, 0.25) is 0 Å². The van der Waals surface area contributed by atoms with Gasteiger partial charge in [-0.15, -0.1) is 0 Å². The summed E-state index contributed by atoms with van der Waals surface area (Å²) in [6.07, 6.45) is 9.19. The smallest absolute Gasteiger partial charge is 0.225 e. The van der Waals surface area contributed by atoms with Crippen LogP contribution in [0.4, 0.5) is 5.82 Å². The van der Waals surface area contributed by atoms with Crippen molar-refractivity contribution in [1.29, 1.82) is 0 Å². The van der Waals surface area contributed by atoms with Crippen LogP contribution in [0.25, 0.3) is 0 Å². The number of carbonyl (C=O) groups excluding carboxylic acids is 1. The summed E-state index contributed by atoms with van der Waals surface area (Å²) in [7, 11) is 0. The quantitative estimate of drug-likeness (QED) is 0.904. The normalized spacial score (nSPS) is 24.1. The van der Waals surface area contributed by atoms with Gasteiger partial charge in [0.1, 0.15) is 5.82 Å². The first-order chi connectivity index (χ1) is 13.0. The van der Waals surface area contributed by atoms with Crippen LogP contribution >= 0.6 is 0 Å². The van der Waals surface area contributed by atoms with Crippen molar-refractivity contribution < 1.29 is 4.79 Å². The van der Waals surface area contributed by atoms with Crippen LogP contribution in [0.15, 0.2) is 42.9 Å². The van der Waals surface area contributed by atoms with E-state index >= 15 is 0 Å². The minimum atomic E-state index is 0.00264. The van der Waals surface area contributed by atoms with Crippen molar-refractivity contribution in [3.05, 3.63) is 54.0 Å². The standard InChI is InChI=1S/C22H28N4O/c1-22(2)10-9-19(17-7-3-4-8-18(17)22)25-21(27)16-6-5-13-26(15-16)20-14-23-11-12-24-20/h3-4,7-8,11-12,14,16,19H,5-6,9-10,13,15H2,1-2H3,(H,25,27)/t16-,19-/m1/s1. The number of rotatable bonds is 3. The maximum Gasteiger partial charge on any atom is 0.225 e. The fourth-order valence-corrected chi connectivity index (χ4v) is 4.51. The highest BCUT2D eigenvalue weighted by Crippen LogP contribution is 2.41. The second-order valence-corrected chi connectivity index (χ2v) is 8.42. The maximum atomic E-state index is 13.0. The molecule has 0 spiro atoms. The maximum absolute atomic E-state index is 13.0. The highest BCUT2D eigenvalue weighted by molar-refractivity contribution is 5.80. The summed E-state index contributed by atoms with van der Waals surface area (Å²) in [5.74, 6) is 1.03. The molecule has 27 heavy (non-hydrogen) atoms. The molecule has 1 aliphatic carbocycles. The van der Waals surface area contributed by atoms with E-state index in [2.05, 4.69) is 58.3 Å². The van der Waals surface area contributed by atoms with Gasteiger partial charge in [-0.2, -0.15) is 0 Å². The lowest BCUT2D eigenvalue weighted by atomic mass is 9.71. The van der Waals surface area contributed by atoms with Crippen LogP contribution in [0.1, 0.15) is 56.7 Å². The van der Waals surface area contributed by atoms with Gasteiger partial charge < -0.3 is 10.2 Å². The van der Waals surface area contributed by atoms with Gasteiger partial charge in [0.25, 0.3) is 0 Å². The lowest BCUT2D eigenvalue weighted by Gasteiger charge is -2.38. The highest BCUT2D eigenvalue weighted by Gasteiger charge is 2.34. The number of fused-ring (bicyclic) bond motifs is 1. The summed E-state index contributed by atoms with van der Waals surface area (Å²) in [6, 6.07) is 8.69. The predicted octanol–water partition coefficient (Wildman–Crippen LogP) is 3.62. The van der Waals surface area contributed by atoms with Crippen molar-refractivity contribution in [2.24, 2.45) is 5.92 Å². The Hall–Kier alpha value is -2.43. The van der Waals surface area contributed by atoms with E-state index in [9.17, 15) is 4.79 Å². The molecular formula is C22H28N4O. The number of hydrogen-bond donors (Lipinski definition) is 1. The molecule has 1 aliphatic heterocycles. The van der Waals surface area contributed by atoms with Crippen LogP contribution in [0.3, 0.4) is 0 Å². The summed E-state index contributed by atoms with van der Waals surface area (Å²) >= 11 is 0. The minimum Gasteiger partial charge on any atom is -0.355 e. The number of aromatic nitrogens is 2. The summed E-state index contributed by atoms with van der Waals surface area (Å²) in [5, 5.41) is 3.35. The molecule has 1 N–H and O–H groups in total. The molecule has 1 aromatic carbocycles. The summed E-state index contributed by atoms with van der Waals surface area (Å²) in [6.45, 7) is 6.24. The number of nitrogens with one attached hydrogen (secondary N) is 1. The molecule has 142 valence electrons. The number of carbonyl (C=O) groups is 1. The summed E-state index contributed by atoms with van der Waals surface area (Å²) in [4.78, 5) is 23.8. The Bertz CT molecular complexity index is 805. The zero-order valence-corrected chi connectivity index (χ0v) is 16.2. The molecule has 1 fully saturated rings. The van der Waals surface area contributed by atoms with E-state index in [0.717, 1.165) is 38.0 Å². The number of piperidine rings is 1. The van der Waals surface area contributed by atoms with Crippen molar-refractivity contribution in [3.63, 3.8) is 0 Å². The molecular weight excluding hydrogens is 336 g/mol. The first kappa shape index (κ1) is 18.0. The molecule has 2 heterocycles. The molecule has 0 saturated carbocycles. The van der Waals surface area contributed by atoms with E-state index in [-0.39, 0.29) is 23.3 Å². The van der Waals surface area contributed by atoms with E-state index in [0.29, 0.717) is 6.54 Å². The van der Waals surface area contributed by atoms with Crippen LogP contribution < -0.4 is 10.2 Å². The zero-order valence-electron chi connectivity index (χ0n) is 16.2. The zero-order chi connectivity index (χ0) is 18.9. The monoisotopic (exact) mass is 364 g/mol. The molecule has 0 unspecified atom stereocenters. The SMILES string of the molecule is CC1(C)CC[C@@H](NC(=O)[C@@H]2CCCN(c3cnccn3)C2)c2ccccc21. The molecule has 5 nitrogen and oxygen atoms in total. The molecule has 5 heteroatoms. The predicted molar refractivity (Wildman–Crippen MR) is 107 cm³/mol. The number of benzene rings is 1. The molecule has 2 aliphatic rings. The van der Waals surface area contributed by atoms with Crippen molar-refractivity contribution in [2.45, 2.75) is 51.0 Å². The van der Waals surface area contributed by atoms with Crippen LogP contribution in [0, 0.1) is 5.92 Å². The molecule has 0 radical (unpaired) electrons. The largest absolute Gasteiger partial charge is 0.355 e. The molecule has 2 aromatic rings. The van der Waals surface area contributed by atoms with Gasteiger partial charge in [-0.25, -0.2) is 4.98 Å². The Morgan fingerprint density at radius 1 is 1.22 bits per heavy atom. The molecule has 1 amide bonds. The molecule has 1 aromatic heterocycles. The van der Waals surface area contributed by atoms with Crippen LogP contribution in [0.5, 0.6) is 0 Å². The first-order valence-corrected chi connectivity index (χ1v) is 9.95. The Morgan fingerprint density at radius 2 is 2.07 bits per heavy atom. The van der Waals surface area contributed by atoms with Gasteiger partial charge in [0, 0.05) is 25.5 Å². The van der Waals surface area contributed by atoms with E-state index in [4.69, 9.17) is 0 Å². The van der Waals surface area contributed by atoms with Crippen LogP contribution in [-0.4, -0.2) is 29.0 Å². The Labute approximate surface area is 161 Å². The first-order valence-electron chi connectivity index (χ1n) is 9.95. The van der Waals surface area contributed by atoms with E-state index in [1.165, 1.54) is 11.1 Å². The van der Waals surface area contributed by atoms with E-state index < -0.39 is 0 Å². The van der Waals surface area contributed by atoms with Crippen molar-refractivity contribution in [2.75, 3.05) is 18.0 Å². The Balaban J connectivity index is 1.46. The van der Waals surface area contributed by atoms with Crippen molar-refractivity contribution in [3.8, 4) is 0 Å². The van der Waals surface area contributed by atoms with Gasteiger partial charge in [0.05, 0.1) is 18.2 Å². The number of nitrogens with zero attached hydrogens (tertiary/aromatic N) is 3. The van der Waals surface area contributed by atoms with Crippen molar-refractivity contribution in [1.82, 2.24) is 15.3 Å². The third kappa shape index (κ3) is 3.68. The second kappa shape index (κ2) is 7.29. The number of anilines is 1. The Morgan fingerprint density at radius 3 is 2.89 bits per heavy atom. The van der Waals surface area contributed by atoms with Gasteiger partial charge in [0.2, 0.25) is 5.91 Å². The molecule has 2 atom stereocenters. The van der Waals surface area contributed by atoms with E-state index in [1.807, 2.05) is 0 Å². The average Bonchev–Trinajstić information content (AvgIpc) is 2.71. The van der Waals surface area contributed by atoms with Crippen molar-refractivity contribution >= 4 is 11.7 Å². The van der Waals surface area contributed by atoms with Gasteiger partial charge in [-0.05, 0) is 42.2 Å². The Kier molecular flexibility index (Phi) is 4.85. The summed E-state index contributed by atoms with van der Waals surface area (Å²) in [5.41, 5.74) is 2.82. The van der Waals surface area contributed by atoms with Gasteiger partial charge in [-0.3, -0.25) is 9.78 Å². The van der Waals surface area contributed by atoms with Crippen LogP contribution in [-0.2, 0) is 10.2 Å².